The van der Waals surface area contributed by atoms with Gasteiger partial charge in [-0.05, 0) is 128 Å². The third kappa shape index (κ3) is 21.0. The first-order chi connectivity index (χ1) is 16.7. The van der Waals surface area contributed by atoms with Gasteiger partial charge in [0.15, 0.2) is 0 Å². The molecule has 0 aliphatic rings. The van der Waals surface area contributed by atoms with Gasteiger partial charge < -0.3 is 44.2 Å². The number of nitrogens with one attached hydrogen (secondary N) is 4. The Morgan fingerprint density at radius 3 is 1.34 bits per heavy atom. The molecule has 2 unspecified atom stereocenters. The molecule has 0 spiro atoms. The zero-order chi connectivity index (χ0) is 24.7. The molecule has 0 saturated heterocycles. The summed E-state index contributed by atoms with van der Waals surface area (Å²) >= 11 is 0. The van der Waals surface area contributed by atoms with Gasteiger partial charge >= 0.3 is 0 Å². The summed E-state index contributed by atoms with van der Waals surface area (Å²) in [4.78, 5) is 0. The minimum Gasteiger partial charge on any atom is -0.330 e. The van der Waals surface area contributed by atoms with Crippen LogP contribution in [-0.4, -0.2) is 77.5 Å². The molecule has 0 bridgehead atoms. The molecule has 2 atom stereocenters. The lowest BCUT2D eigenvalue weighted by Crippen LogP contribution is -2.30. The fourth-order valence-corrected chi connectivity index (χ4v) is 3.90. The summed E-state index contributed by atoms with van der Waals surface area (Å²) in [7, 11) is 0. The maximum atomic E-state index is 6.39. The molecular weight excluding hydrogens is 460 g/mol. The van der Waals surface area contributed by atoms with Gasteiger partial charge in [-0.25, -0.2) is 0 Å². The second kappa shape index (κ2) is 24.9. The highest BCUT2D eigenvalue weighted by Gasteiger charge is 2.08. The van der Waals surface area contributed by atoms with Crippen LogP contribution in [0.4, 0.5) is 0 Å². The maximum Gasteiger partial charge on any atom is 0.00914 e. The Balaban J connectivity index is 0.0000116. The molecule has 0 radical (unpaired) electrons. The summed E-state index contributed by atoms with van der Waals surface area (Å²) in [5.41, 5.74) is 26.4. The molecule has 1 aromatic carbocycles. The van der Waals surface area contributed by atoms with Gasteiger partial charge in [-0.1, -0.05) is 24.3 Å². The smallest absolute Gasteiger partial charge is 0.00914 e. The Morgan fingerprint density at radius 1 is 0.571 bits per heavy atom. The predicted molar refractivity (Wildman–Crippen MR) is 154 cm³/mol. The van der Waals surface area contributed by atoms with Gasteiger partial charge in [0.1, 0.15) is 0 Å². The molecule has 8 nitrogen and oxygen atoms in total. The summed E-state index contributed by atoms with van der Waals surface area (Å²) in [5.74, 6) is 0. The number of rotatable bonds is 24. The Kier molecular flexibility index (Phi) is 24.3. The zero-order valence-electron chi connectivity index (χ0n) is 21.9. The molecule has 206 valence electrons. The van der Waals surface area contributed by atoms with Crippen molar-refractivity contribution >= 4 is 12.4 Å². The van der Waals surface area contributed by atoms with Gasteiger partial charge in [0.25, 0.3) is 0 Å². The Hall–Kier alpha value is -0.810. The van der Waals surface area contributed by atoms with Crippen LogP contribution in [-0.2, 0) is 12.8 Å². The van der Waals surface area contributed by atoms with E-state index < -0.39 is 0 Å². The Morgan fingerprint density at radius 2 is 0.943 bits per heavy atom. The van der Waals surface area contributed by atoms with Crippen molar-refractivity contribution in [2.45, 2.75) is 63.5 Å². The third-order valence-electron chi connectivity index (χ3n) is 5.90. The van der Waals surface area contributed by atoms with Crippen molar-refractivity contribution in [3.05, 3.63) is 35.4 Å². The van der Waals surface area contributed by atoms with Crippen molar-refractivity contribution in [1.82, 2.24) is 21.3 Å². The van der Waals surface area contributed by atoms with Gasteiger partial charge in [-0.15, -0.1) is 12.4 Å². The van der Waals surface area contributed by atoms with E-state index >= 15 is 0 Å². The van der Waals surface area contributed by atoms with Crippen LogP contribution in [0.3, 0.4) is 0 Å². The minimum atomic E-state index is 0. The monoisotopic (exact) mass is 514 g/mol. The molecule has 0 fully saturated rings. The molecule has 1 rings (SSSR count). The number of halogens is 1. The van der Waals surface area contributed by atoms with Gasteiger partial charge in [0.2, 0.25) is 0 Å². The van der Waals surface area contributed by atoms with E-state index in [2.05, 4.69) is 45.5 Å². The van der Waals surface area contributed by atoms with Crippen LogP contribution in [0.2, 0.25) is 0 Å². The number of hydrogen-bond acceptors (Lipinski definition) is 8. The number of benzene rings is 1. The van der Waals surface area contributed by atoms with Crippen LogP contribution < -0.4 is 44.2 Å². The first kappa shape index (κ1) is 34.2. The van der Waals surface area contributed by atoms with E-state index in [-0.39, 0.29) is 24.5 Å². The fourth-order valence-electron chi connectivity index (χ4n) is 3.90. The quantitative estimate of drug-likeness (QED) is 0.0926. The van der Waals surface area contributed by atoms with E-state index in [9.17, 15) is 0 Å². The first-order valence-electron chi connectivity index (χ1n) is 13.5. The SMILES string of the molecule is Cl.NCCCNCCCNCCC(N)Cc1cccc(CC(N)CCNCCCNCCCN)c1. The second-order valence-corrected chi connectivity index (χ2v) is 9.32. The van der Waals surface area contributed by atoms with Gasteiger partial charge in [-0.3, -0.25) is 0 Å². The predicted octanol–water partition coefficient (Wildman–Crippen LogP) is 0.464. The van der Waals surface area contributed by atoms with Crippen LogP contribution in [0.25, 0.3) is 0 Å². The summed E-state index contributed by atoms with van der Waals surface area (Å²) in [6.45, 7) is 9.58. The van der Waals surface area contributed by atoms with Crippen molar-refractivity contribution in [3.63, 3.8) is 0 Å². The first-order valence-corrected chi connectivity index (χ1v) is 13.5. The normalized spacial score (nSPS) is 12.9. The van der Waals surface area contributed by atoms with Crippen LogP contribution in [0.5, 0.6) is 0 Å². The topological polar surface area (TPSA) is 152 Å². The van der Waals surface area contributed by atoms with Crippen LogP contribution in [0.1, 0.15) is 49.7 Å². The molecule has 0 saturated carbocycles. The lowest BCUT2D eigenvalue weighted by molar-refractivity contribution is 0.536. The van der Waals surface area contributed by atoms with Gasteiger partial charge in [0.05, 0.1) is 0 Å². The molecule has 9 heteroatoms. The summed E-state index contributed by atoms with van der Waals surface area (Å²) in [6, 6.07) is 9.12. The number of nitrogens with two attached hydrogens (primary N) is 4. The van der Waals surface area contributed by atoms with Gasteiger partial charge in [0, 0.05) is 12.1 Å². The molecular formula is C26H55ClN8. The molecule has 0 aliphatic carbocycles. The molecule has 0 amide bonds. The van der Waals surface area contributed by atoms with Crippen molar-refractivity contribution in [2.75, 3.05) is 65.4 Å². The highest BCUT2D eigenvalue weighted by Crippen LogP contribution is 2.11. The molecule has 0 aromatic heterocycles. The van der Waals surface area contributed by atoms with Crippen molar-refractivity contribution < 1.29 is 0 Å². The maximum absolute atomic E-state index is 6.39. The lowest BCUT2D eigenvalue weighted by Gasteiger charge is -2.15. The van der Waals surface area contributed by atoms with Gasteiger partial charge in [-0.2, -0.15) is 0 Å². The minimum absolute atomic E-state index is 0. The fraction of sp³-hybridized carbons (Fsp3) is 0.769. The second-order valence-electron chi connectivity index (χ2n) is 9.32. The molecule has 12 N–H and O–H groups in total. The Bertz CT molecular complexity index is 533. The van der Waals surface area contributed by atoms with Crippen LogP contribution >= 0.6 is 12.4 Å². The standard InChI is InChI=1S/C26H54N8.ClH/c27-10-2-12-31-14-4-16-33-18-8-25(29)21-23-6-1-7-24(20-23)22-26(30)9-19-34-17-5-15-32-13-3-11-28;/h1,6-7,20,25-26,31-34H,2-5,8-19,21-22,27-30H2;1H. The zero-order valence-corrected chi connectivity index (χ0v) is 22.7. The van der Waals surface area contributed by atoms with E-state index in [0.29, 0.717) is 0 Å². The molecule has 0 aliphatic heterocycles. The van der Waals surface area contributed by atoms with E-state index in [1.54, 1.807) is 0 Å². The van der Waals surface area contributed by atoms with Crippen LogP contribution in [0.15, 0.2) is 24.3 Å². The molecule has 1 aromatic rings. The van der Waals surface area contributed by atoms with E-state index in [1.165, 1.54) is 11.1 Å². The summed E-state index contributed by atoms with van der Waals surface area (Å²) < 4.78 is 0. The van der Waals surface area contributed by atoms with Crippen LogP contribution in [0, 0.1) is 0 Å². The highest BCUT2D eigenvalue weighted by molar-refractivity contribution is 5.85. The summed E-state index contributed by atoms with van der Waals surface area (Å²) in [6.07, 6.45) is 8.13. The molecule has 35 heavy (non-hydrogen) atoms. The molecule has 0 heterocycles. The Labute approximate surface area is 220 Å². The highest BCUT2D eigenvalue weighted by atomic mass is 35.5. The van der Waals surface area contributed by atoms with E-state index in [0.717, 1.165) is 117 Å². The van der Waals surface area contributed by atoms with E-state index in [4.69, 9.17) is 22.9 Å². The van der Waals surface area contributed by atoms with Crippen molar-refractivity contribution in [3.8, 4) is 0 Å². The van der Waals surface area contributed by atoms with E-state index in [1.807, 2.05) is 0 Å². The third-order valence-corrected chi connectivity index (χ3v) is 5.90. The van der Waals surface area contributed by atoms with Crippen molar-refractivity contribution in [1.29, 1.82) is 0 Å². The summed E-state index contributed by atoms with van der Waals surface area (Å²) in [5, 5.41) is 13.8. The average molecular weight is 515 g/mol. The number of hydrogen-bond donors (Lipinski definition) is 8. The largest absolute Gasteiger partial charge is 0.330 e. The average Bonchev–Trinajstić information content (AvgIpc) is 2.82. The van der Waals surface area contributed by atoms with Crippen molar-refractivity contribution in [2.24, 2.45) is 22.9 Å². The lowest BCUT2D eigenvalue weighted by atomic mass is 9.98.